The van der Waals surface area contributed by atoms with E-state index < -0.39 is 23.1 Å². The smallest absolute Gasteiger partial charge is 0.254 e. The summed E-state index contributed by atoms with van der Waals surface area (Å²) in [5.74, 6) is -2.52. The summed E-state index contributed by atoms with van der Waals surface area (Å²) in [5, 5.41) is 5.34. The Morgan fingerprint density at radius 1 is 1.27 bits per heavy atom. The van der Waals surface area contributed by atoms with Crippen LogP contribution in [0.25, 0.3) is 0 Å². The predicted octanol–water partition coefficient (Wildman–Crippen LogP) is 1.36. The second kappa shape index (κ2) is 7.39. The van der Waals surface area contributed by atoms with Gasteiger partial charge < -0.3 is 15.5 Å². The summed E-state index contributed by atoms with van der Waals surface area (Å²) < 4.78 is 26.4. The number of carbonyl (C=O) groups is 3. The molecule has 6 nitrogen and oxygen atoms in total. The number of benzene rings is 1. The third-order valence-electron chi connectivity index (χ3n) is 5.07. The summed E-state index contributed by atoms with van der Waals surface area (Å²) >= 11 is 0. The first-order valence-corrected chi connectivity index (χ1v) is 8.76. The van der Waals surface area contributed by atoms with Crippen molar-refractivity contribution in [3.63, 3.8) is 0 Å². The number of halogens is 2. The number of hydrogen-bond acceptors (Lipinski definition) is 3. The Hall–Kier alpha value is -2.51. The van der Waals surface area contributed by atoms with E-state index in [-0.39, 0.29) is 30.3 Å². The Labute approximate surface area is 149 Å². The Bertz CT molecular complexity index is 734. The van der Waals surface area contributed by atoms with Crippen LogP contribution in [-0.4, -0.2) is 47.8 Å². The minimum Gasteiger partial charge on any atom is -0.352 e. The van der Waals surface area contributed by atoms with Crippen LogP contribution in [0.1, 0.15) is 42.5 Å². The predicted molar refractivity (Wildman–Crippen MR) is 89.2 cm³/mol. The lowest BCUT2D eigenvalue weighted by Gasteiger charge is -2.51. The Kier molecular flexibility index (Phi) is 5.20. The summed E-state index contributed by atoms with van der Waals surface area (Å²) in [6.45, 7) is 1.14. The Morgan fingerprint density at radius 2 is 2.04 bits per heavy atom. The van der Waals surface area contributed by atoms with Crippen LogP contribution < -0.4 is 10.6 Å². The fourth-order valence-electron chi connectivity index (χ4n) is 3.50. The van der Waals surface area contributed by atoms with Crippen LogP contribution in [0.3, 0.4) is 0 Å². The average Bonchev–Trinajstić information content (AvgIpc) is 2.56. The second-order valence-corrected chi connectivity index (χ2v) is 6.67. The number of rotatable bonds is 5. The molecule has 0 bridgehead atoms. The SMILES string of the molecule is O=C(NCCCC(=O)N1CCNC(=O)C12CCC2)c1ccc(F)cc1F. The molecule has 0 atom stereocenters. The first-order chi connectivity index (χ1) is 12.4. The number of nitrogens with zero attached hydrogens (tertiary/aromatic N) is 1. The first-order valence-electron chi connectivity index (χ1n) is 8.76. The molecule has 8 heteroatoms. The minimum atomic E-state index is -0.926. The molecule has 26 heavy (non-hydrogen) atoms. The number of amides is 3. The van der Waals surface area contributed by atoms with Crippen molar-refractivity contribution in [3.8, 4) is 0 Å². The molecule has 2 aliphatic rings. The maximum atomic E-state index is 13.5. The summed E-state index contributed by atoms with van der Waals surface area (Å²) in [6.07, 6.45) is 2.87. The maximum Gasteiger partial charge on any atom is 0.254 e. The van der Waals surface area contributed by atoms with Crippen LogP contribution in [0.4, 0.5) is 8.78 Å². The second-order valence-electron chi connectivity index (χ2n) is 6.67. The fourth-order valence-corrected chi connectivity index (χ4v) is 3.50. The van der Waals surface area contributed by atoms with Crippen molar-refractivity contribution in [2.24, 2.45) is 0 Å². The van der Waals surface area contributed by atoms with Gasteiger partial charge in [-0.1, -0.05) is 0 Å². The minimum absolute atomic E-state index is 0.0802. The molecule has 3 amide bonds. The molecule has 1 saturated carbocycles. The third-order valence-corrected chi connectivity index (χ3v) is 5.07. The molecule has 1 aromatic carbocycles. The molecule has 140 valence electrons. The van der Waals surface area contributed by atoms with Crippen LogP contribution in [0, 0.1) is 11.6 Å². The van der Waals surface area contributed by atoms with Crippen LogP contribution in [0.5, 0.6) is 0 Å². The topological polar surface area (TPSA) is 78.5 Å². The Morgan fingerprint density at radius 3 is 2.69 bits per heavy atom. The molecule has 1 aliphatic heterocycles. The van der Waals surface area contributed by atoms with E-state index in [1.807, 2.05) is 0 Å². The van der Waals surface area contributed by atoms with Gasteiger partial charge >= 0.3 is 0 Å². The molecule has 2 N–H and O–H groups in total. The number of nitrogens with one attached hydrogen (secondary N) is 2. The van der Waals surface area contributed by atoms with Gasteiger partial charge in [-0.25, -0.2) is 8.78 Å². The Balaban J connectivity index is 1.48. The van der Waals surface area contributed by atoms with E-state index in [4.69, 9.17) is 0 Å². The molecule has 2 fully saturated rings. The van der Waals surface area contributed by atoms with Crippen molar-refractivity contribution in [3.05, 3.63) is 35.4 Å². The van der Waals surface area contributed by atoms with E-state index in [0.717, 1.165) is 18.6 Å². The number of carbonyl (C=O) groups excluding carboxylic acids is 3. The van der Waals surface area contributed by atoms with Gasteiger partial charge in [-0.15, -0.1) is 0 Å². The quantitative estimate of drug-likeness (QED) is 0.774. The average molecular weight is 365 g/mol. The van der Waals surface area contributed by atoms with Gasteiger partial charge in [0.15, 0.2) is 0 Å². The zero-order valence-electron chi connectivity index (χ0n) is 14.3. The summed E-state index contributed by atoms with van der Waals surface area (Å²) in [5.41, 5.74) is -0.922. The molecule has 0 aromatic heterocycles. The van der Waals surface area contributed by atoms with E-state index in [9.17, 15) is 23.2 Å². The molecule has 0 unspecified atom stereocenters. The highest BCUT2D eigenvalue weighted by molar-refractivity contribution is 5.95. The maximum absolute atomic E-state index is 13.5. The zero-order valence-corrected chi connectivity index (χ0v) is 14.3. The highest BCUT2D eigenvalue weighted by Crippen LogP contribution is 2.39. The van der Waals surface area contributed by atoms with Crippen molar-refractivity contribution in [1.82, 2.24) is 15.5 Å². The van der Waals surface area contributed by atoms with Crippen LogP contribution >= 0.6 is 0 Å². The van der Waals surface area contributed by atoms with Gasteiger partial charge in [0.2, 0.25) is 11.8 Å². The van der Waals surface area contributed by atoms with Gasteiger partial charge in [-0.3, -0.25) is 14.4 Å². The largest absolute Gasteiger partial charge is 0.352 e. The molecule has 1 aromatic rings. The molecule has 1 saturated heterocycles. The van der Waals surface area contributed by atoms with E-state index in [1.165, 1.54) is 0 Å². The van der Waals surface area contributed by atoms with Crippen LogP contribution in [0.15, 0.2) is 18.2 Å². The van der Waals surface area contributed by atoms with E-state index in [2.05, 4.69) is 10.6 Å². The molecule has 1 spiro atoms. The van der Waals surface area contributed by atoms with Crippen molar-refractivity contribution >= 4 is 17.7 Å². The van der Waals surface area contributed by atoms with E-state index in [0.29, 0.717) is 38.4 Å². The van der Waals surface area contributed by atoms with Crippen molar-refractivity contribution in [1.29, 1.82) is 0 Å². The van der Waals surface area contributed by atoms with Gasteiger partial charge in [-0.05, 0) is 37.8 Å². The van der Waals surface area contributed by atoms with E-state index >= 15 is 0 Å². The lowest BCUT2D eigenvalue weighted by molar-refractivity contribution is -0.158. The highest BCUT2D eigenvalue weighted by atomic mass is 19.1. The molecule has 0 radical (unpaired) electrons. The van der Waals surface area contributed by atoms with Crippen molar-refractivity contribution in [2.75, 3.05) is 19.6 Å². The molecular weight excluding hydrogens is 344 g/mol. The fraction of sp³-hybridized carbons (Fsp3) is 0.500. The van der Waals surface area contributed by atoms with Crippen molar-refractivity contribution in [2.45, 2.75) is 37.6 Å². The molecule has 1 heterocycles. The van der Waals surface area contributed by atoms with E-state index in [1.54, 1.807) is 4.90 Å². The van der Waals surface area contributed by atoms with Gasteiger partial charge in [0, 0.05) is 32.1 Å². The van der Waals surface area contributed by atoms with Crippen LogP contribution in [-0.2, 0) is 9.59 Å². The van der Waals surface area contributed by atoms with Gasteiger partial charge in [0.05, 0.1) is 5.56 Å². The molecule has 1 aliphatic carbocycles. The van der Waals surface area contributed by atoms with Crippen molar-refractivity contribution < 1.29 is 23.2 Å². The standard InChI is InChI=1S/C18H21F2N3O3/c19-12-4-5-13(14(20)11-12)16(25)21-8-1-3-15(24)23-10-9-22-17(26)18(23)6-2-7-18/h4-5,11H,1-3,6-10H2,(H,21,25)(H,22,26). The van der Waals surface area contributed by atoms with Crippen LogP contribution in [0.2, 0.25) is 0 Å². The number of hydrogen-bond donors (Lipinski definition) is 2. The zero-order chi connectivity index (χ0) is 18.7. The molecule has 3 rings (SSSR count). The van der Waals surface area contributed by atoms with Gasteiger partial charge in [-0.2, -0.15) is 0 Å². The third kappa shape index (κ3) is 3.40. The summed E-state index contributed by atoms with van der Waals surface area (Å²) in [7, 11) is 0. The number of piperazine rings is 1. The normalized spacial score (nSPS) is 18.2. The summed E-state index contributed by atoms with van der Waals surface area (Å²) in [4.78, 5) is 38.2. The lowest BCUT2D eigenvalue weighted by Crippen LogP contribution is -2.69. The van der Waals surface area contributed by atoms with Gasteiger partial charge in [0.25, 0.3) is 5.91 Å². The summed E-state index contributed by atoms with van der Waals surface area (Å²) in [6, 6.07) is 2.75. The van der Waals surface area contributed by atoms with Gasteiger partial charge in [0.1, 0.15) is 17.2 Å². The first kappa shape index (κ1) is 18.3. The molecular formula is C18H21F2N3O3. The monoisotopic (exact) mass is 365 g/mol. The lowest BCUT2D eigenvalue weighted by atomic mass is 9.73. The highest BCUT2D eigenvalue weighted by Gasteiger charge is 2.52.